The minimum atomic E-state index is -0.179. The summed E-state index contributed by atoms with van der Waals surface area (Å²) in [5, 5.41) is 2.94. The molecule has 0 saturated carbocycles. The molecule has 0 heterocycles. The first-order chi connectivity index (χ1) is 6.89. The van der Waals surface area contributed by atoms with Crippen molar-refractivity contribution in [2.24, 2.45) is 0 Å². The van der Waals surface area contributed by atoms with Crippen molar-refractivity contribution in [2.45, 2.75) is 39.7 Å². The Morgan fingerprint density at radius 2 is 1.80 bits per heavy atom. The molecule has 0 aliphatic carbocycles. The summed E-state index contributed by atoms with van der Waals surface area (Å²) in [6, 6.07) is 8.41. The topological polar surface area (TPSA) is 29.1 Å². The third kappa shape index (κ3) is 4.15. The highest BCUT2D eigenvalue weighted by Crippen LogP contribution is 2.13. The summed E-state index contributed by atoms with van der Waals surface area (Å²) in [5.41, 5.74) is 2.33. The van der Waals surface area contributed by atoms with Gasteiger partial charge in [0.1, 0.15) is 0 Å². The number of amides is 1. The van der Waals surface area contributed by atoms with Crippen molar-refractivity contribution in [3.8, 4) is 0 Å². The quantitative estimate of drug-likeness (QED) is 0.807. The van der Waals surface area contributed by atoms with E-state index in [4.69, 9.17) is 0 Å². The molecular weight excluding hydrogens is 186 g/mol. The van der Waals surface area contributed by atoms with Crippen LogP contribution < -0.4 is 5.32 Å². The van der Waals surface area contributed by atoms with Gasteiger partial charge in [-0.2, -0.15) is 0 Å². The van der Waals surface area contributed by atoms with Crippen LogP contribution in [0.5, 0.6) is 0 Å². The number of nitrogens with one attached hydrogen (secondary N) is 1. The van der Waals surface area contributed by atoms with Gasteiger partial charge in [-0.05, 0) is 32.8 Å². The molecule has 1 aromatic rings. The third-order valence-corrected chi connectivity index (χ3v) is 2.28. The number of hydrogen-bond acceptors (Lipinski definition) is 1. The van der Waals surface area contributed by atoms with Crippen LogP contribution in [-0.4, -0.2) is 11.4 Å². The maximum atomic E-state index is 11.0. The third-order valence-electron chi connectivity index (χ3n) is 2.28. The molecule has 1 rings (SSSR count). The first-order valence-electron chi connectivity index (χ1n) is 5.23. The van der Waals surface area contributed by atoms with Gasteiger partial charge in [0.2, 0.25) is 5.91 Å². The summed E-state index contributed by atoms with van der Waals surface area (Å²) in [5.74, 6) is 0.0205. The Morgan fingerprint density at radius 1 is 1.27 bits per heavy atom. The van der Waals surface area contributed by atoms with Gasteiger partial charge in [-0.25, -0.2) is 0 Å². The SMILES string of the molecule is CC(=O)NC(C)(C)Cc1ccc(C)cc1. The van der Waals surface area contributed by atoms with E-state index in [1.54, 1.807) is 6.92 Å². The van der Waals surface area contributed by atoms with Gasteiger partial charge < -0.3 is 5.32 Å². The molecule has 0 fully saturated rings. The van der Waals surface area contributed by atoms with E-state index < -0.39 is 0 Å². The molecule has 0 spiro atoms. The Hall–Kier alpha value is -1.31. The zero-order valence-electron chi connectivity index (χ0n) is 9.92. The molecule has 82 valence electrons. The highest BCUT2D eigenvalue weighted by molar-refractivity contribution is 5.73. The lowest BCUT2D eigenvalue weighted by Crippen LogP contribution is -2.43. The van der Waals surface area contributed by atoms with E-state index in [0.29, 0.717) is 0 Å². The van der Waals surface area contributed by atoms with Crippen molar-refractivity contribution in [3.63, 3.8) is 0 Å². The van der Waals surface area contributed by atoms with Crippen LogP contribution in [-0.2, 0) is 11.2 Å². The summed E-state index contributed by atoms with van der Waals surface area (Å²) in [4.78, 5) is 11.0. The van der Waals surface area contributed by atoms with Crippen molar-refractivity contribution < 1.29 is 4.79 Å². The average Bonchev–Trinajstić information content (AvgIpc) is 2.06. The van der Waals surface area contributed by atoms with Gasteiger partial charge in [0.05, 0.1) is 0 Å². The van der Waals surface area contributed by atoms with E-state index in [1.807, 2.05) is 13.8 Å². The molecule has 1 aromatic carbocycles. The van der Waals surface area contributed by atoms with Gasteiger partial charge in [0.15, 0.2) is 0 Å². The van der Waals surface area contributed by atoms with Crippen LogP contribution in [0.15, 0.2) is 24.3 Å². The molecule has 0 saturated heterocycles. The lowest BCUT2D eigenvalue weighted by atomic mass is 9.94. The normalized spacial score (nSPS) is 11.2. The first kappa shape index (κ1) is 11.8. The molecule has 0 bridgehead atoms. The summed E-state index contributed by atoms with van der Waals surface area (Å²) in [6.45, 7) is 7.70. The summed E-state index contributed by atoms with van der Waals surface area (Å²) in [6.07, 6.45) is 0.854. The monoisotopic (exact) mass is 205 g/mol. The maximum absolute atomic E-state index is 11.0. The zero-order valence-corrected chi connectivity index (χ0v) is 9.92. The lowest BCUT2D eigenvalue weighted by Gasteiger charge is -2.25. The van der Waals surface area contributed by atoms with Crippen LogP contribution in [0.3, 0.4) is 0 Å². The molecule has 1 N–H and O–H groups in total. The van der Waals surface area contributed by atoms with Gasteiger partial charge >= 0.3 is 0 Å². The van der Waals surface area contributed by atoms with E-state index in [2.05, 4.69) is 36.5 Å². The van der Waals surface area contributed by atoms with Crippen LogP contribution in [0.1, 0.15) is 31.9 Å². The van der Waals surface area contributed by atoms with E-state index in [0.717, 1.165) is 6.42 Å². The molecular formula is C13H19NO. The first-order valence-corrected chi connectivity index (χ1v) is 5.23. The fourth-order valence-corrected chi connectivity index (χ4v) is 1.74. The smallest absolute Gasteiger partial charge is 0.217 e. The minimum Gasteiger partial charge on any atom is -0.351 e. The Morgan fingerprint density at radius 3 is 2.27 bits per heavy atom. The number of carbonyl (C=O) groups is 1. The molecule has 15 heavy (non-hydrogen) atoms. The van der Waals surface area contributed by atoms with Gasteiger partial charge in [0, 0.05) is 12.5 Å². The Labute approximate surface area is 91.7 Å². The average molecular weight is 205 g/mol. The predicted molar refractivity (Wildman–Crippen MR) is 62.8 cm³/mol. The molecule has 1 amide bonds. The van der Waals surface area contributed by atoms with Crippen molar-refractivity contribution in [3.05, 3.63) is 35.4 Å². The van der Waals surface area contributed by atoms with E-state index in [9.17, 15) is 4.79 Å². The Balaban J connectivity index is 2.68. The Kier molecular flexibility index (Phi) is 3.51. The second-order valence-electron chi connectivity index (χ2n) is 4.73. The summed E-state index contributed by atoms with van der Waals surface area (Å²) < 4.78 is 0. The second-order valence-corrected chi connectivity index (χ2v) is 4.73. The van der Waals surface area contributed by atoms with Gasteiger partial charge in [-0.15, -0.1) is 0 Å². The van der Waals surface area contributed by atoms with Gasteiger partial charge in [-0.1, -0.05) is 29.8 Å². The van der Waals surface area contributed by atoms with Crippen LogP contribution in [0.2, 0.25) is 0 Å². The highest BCUT2D eigenvalue weighted by Gasteiger charge is 2.18. The zero-order chi connectivity index (χ0) is 11.5. The second kappa shape index (κ2) is 4.47. The molecule has 0 atom stereocenters. The minimum absolute atomic E-state index is 0.0205. The van der Waals surface area contributed by atoms with Gasteiger partial charge in [-0.3, -0.25) is 4.79 Å². The molecule has 0 radical (unpaired) electrons. The Bertz CT molecular complexity index is 338. The van der Waals surface area contributed by atoms with E-state index in [-0.39, 0.29) is 11.4 Å². The van der Waals surface area contributed by atoms with Crippen molar-refractivity contribution in [1.29, 1.82) is 0 Å². The number of aryl methyl sites for hydroxylation is 1. The predicted octanol–water partition coefficient (Wildman–Crippen LogP) is 2.45. The number of rotatable bonds is 3. The van der Waals surface area contributed by atoms with E-state index in [1.165, 1.54) is 11.1 Å². The molecule has 2 nitrogen and oxygen atoms in total. The summed E-state index contributed by atoms with van der Waals surface area (Å²) >= 11 is 0. The highest BCUT2D eigenvalue weighted by atomic mass is 16.1. The van der Waals surface area contributed by atoms with Crippen molar-refractivity contribution in [1.82, 2.24) is 5.32 Å². The van der Waals surface area contributed by atoms with E-state index >= 15 is 0 Å². The van der Waals surface area contributed by atoms with Crippen LogP contribution in [0, 0.1) is 6.92 Å². The fourth-order valence-electron chi connectivity index (χ4n) is 1.74. The molecule has 0 aliphatic rings. The number of benzene rings is 1. The van der Waals surface area contributed by atoms with Gasteiger partial charge in [0.25, 0.3) is 0 Å². The van der Waals surface area contributed by atoms with Crippen molar-refractivity contribution >= 4 is 5.91 Å². The lowest BCUT2D eigenvalue weighted by molar-refractivity contribution is -0.120. The van der Waals surface area contributed by atoms with Crippen molar-refractivity contribution in [2.75, 3.05) is 0 Å². The largest absolute Gasteiger partial charge is 0.351 e. The fraction of sp³-hybridized carbons (Fsp3) is 0.462. The molecule has 2 heteroatoms. The molecule has 0 aliphatic heterocycles. The van der Waals surface area contributed by atoms with Crippen LogP contribution in [0.25, 0.3) is 0 Å². The number of hydrogen-bond donors (Lipinski definition) is 1. The standard InChI is InChI=1S/C13H19NO/c1-10-5-7-12(8-6-10)9-13(3,4)14-11(2)15/h5-8H,9H2,1-4H3,(H,14,15). The van der Waals surface area contributed by atoms with Crippen LogP contribution in [0.4, 0.5) is 0 Å². The number of carbonyl (C=O) groups excluding carboxylic acids is 1. The maximum Gasteiger partial charge on any atom is 0.217 e. The van der Waals surface area contributed by atoms with Crippen LogP contribution >= 0.6 is 0 Å². The summed E-state index contributed by atoms with van der Waals surface area (Å²) in [7, 11) is 0. The molecule has 0 aromatic heterocycles. The molecule has 0 unspecified atom stereocenters.